The number of sulfonamides is 1. The van der Waals surface area contributed by atoms with Crippen LogP contribution in [0, 0.1) is 5.82 Å². The smallest absolute Gasteiger partial charge is 0.246 e. The van der Waals surface area contributed by atoms with Gasteiger partial charge in [-0.05, 0) is 18.2 Å². The Kier molecular flexibility index (Phi) is 4.63. The number of nitrogen functional groups attached to an aromatic ring is 1. The molecule has 0 fully saturated rings. The molecule has 0 aromatic heterocycles. The van der Waals surface area contributed by atoms with E-state index in [0.29, 0.717) is 0 Å². The predicted octanol–water partition coefficient (Wildman–Crippen LogP) is 1.77. The molecule has 18 heavy (non-hydrogen) atoms. The molecule has 1 rings (SSSR count). The van der Waals surface area contributed by atoms with Gasteiger partial charge in [0.1, 0.15) is 10.7 Å². The maximum Gasteiger partial charge on any atom is 0.246 e. The summed E-state index contributed by atoms with van der Waals surface area (Å²) < 4.78 is 39.1. The summed E-state index contributed by atoms with van der Waals surface area (Å²) >= 11 is 0. The SMILES string of the molecule is C=CCN(CC=C)S(=O)(=O)c1ccc(N)cc1F. The van der Waals surface area contributed by atoms with E-state index >= 15 is 0 Å². The van der Waals surface area contributed by atoms with Crippen LogP contribution in [0.2, 0.25) is 0 Å². The van der Waals surface area contributed by atoms with Crippen LogP contribution in [-0.4, -0.2) is 25.8 Å². The highest BCUT2D eigenvalue weighted by atomic mass is 32.2. The molecule has 0 radical (unpaired) electrons. The summed E-state index contributed by atoms with van der Waals surface area (Å²) in [7, 11) is -3.91. The predicted molar refractivity (Wildman–Crippen MR) is 70.0 cm³/mol. The van der Waals surface area contributed by atoms with Crippen molar-refractivity contribution >= 4 is 15.7 Å². The van der Waals surface area contributed by atoms with Crippen LogP contribution in [0.15, 0.2) is 48.4 Å². The quantitative estimate of drug-likeness (QED) is 0.633. The van der Waals surface area contributed by atoms with E-state index in [0.717, 1.165) is 16.4 Å². The van der Waals surface area contributed by atoms with E-state index in [9.17, 15) is 12.8 Å². The van der Waals surface area contributed by atoms with Crippen LogP contribution in [0.25, 0.3) is 0 Å². The Labute approximate surface area is 106 Å². The molecule has 0 aliphatic rings. The van der Waals surface area contributed by atoms with Crippen LogP contribution in [-0.2, 0) is 10.0 Å². The number of anilines is 1. The van der Waals surface area contributed by atoms with Crippen LogP contribution in [0.5, 0.6) is 0 Å². The molecule has 0 spiro atoms. The molecule has 0 atom stereocenters. The second-order valence-electron chi connectivity index (χ2n) is 3.59. The largest absolute Gasteiger partial charge is 0.399 e. The molecule has 0 unspecified atom stereocenters. The van der Waals surface area contributed by atoms with Crippen molar-refractivity contribution in [1.29, 1.82) is 0 Å². The van der Waals surface area contributed by atoms with Gasteiger partial charge < -0.3 is 5.73 Å². The summed E-state index contributed by atoms with van der Waals surface area (Å²) in [6.07, 6.45) is 2.85. The summed E-state index contributed by atoms with van der Waals surface area (Å²) in [6, 6.07) is 3.47. The molecule has 0 saturated carbocycles. The zero-order valence-corrected chi connectivity index (χ0v) is 10.7. The van der Waals surface area contributed by atoms with Crippen molar-refractivity contribution in [1.82, 2.24) is 4.31 Å². The van der Waals surface area contributed by atoms with Crippen molar-refractivity contribution < 1.29 is 12.8 Å². The first-order chi connectivity index (χ1) is 8.43. The molecular weight excluding hydrogens is 255 g/mol. The van der Waals surface area contributed by atoms with Crippen molar-refractivity contribution in [3.63, 3.8) is 0 Å². The fourth-order valence-electron chi connectivity index (χ4n) is 1.42. The Morgan fingerprint density at radius 1 is 1.28 bits per heavy atom. The van der Waals surface area contributed by atoms with E-state index < -0.39 is 20.7 Å². The lowest BCUT2D eigenvalue weighted by Gasteiger charge is -2.19. The lowest BCUT2D eigenvalue weighted by Crippen LogP contribution is -2.32. The third-order valence-corrected chi connectivity index (χ3v) is 4.10. The molecule has 1 aromatic carbocycles. The minimum atomic E-state index is -3.91. The van der Waals surface area contributed by atoms with Gasteiger partial charge in [-0.25, -0.2) is 12.8 Å². The lowest BCUT2D eigenvalue weighted by atomic mass is 10.3. The van der Waals surface area contributed by atoms with Gasteiger partial charge in [0.15, 0.2) is 0 Å². The van der Waals surface area contributed by atoms with Gasteiger partial charge in [-0.15, -0.1) is 13.2 Å². The average Bonchev–Trinajstić information content (AvgIpc) is 2.28. The Morgan fingerprint density at radius 2 is 1.83 bits per heavy atom. The molecule has 2 N–H and O–H groups in total. The first kappa shape index (κ1) is 14.4. The maximum atomic E-state index is 13.6. The molecular formula is C12H15FN2O2S. The Balaban J connectivity index is 3.25. The number of rotatable bonds is 6. The van der Waals surface area contributed by atoms with Gasteiger partial charge in [0, 0.05) is 18.8 Å². The van der Waals surface area contributed by atoms with Crippen molar-refractivity contribution in [2.45, 2.75) is 4.90 Å². The van der Waals surface area contributed by atoms with Crippen LogP contribution < -0.4 is 5.73 Å². The fourth-order valence-corrected chi connectivity index (χ4v) is 2.85. The Hall–Kier alpha value is -1.66. The molecule has 0 saturated heterocycles. The van der Waals surface area contributed by atoms with Gasteiger partial charge in [0.05, 0.1) is 0 Å². The topological polar surface area (TPSA) is 63.4 Å². The standard InChI is InChI=1S/C12H15FN2O2S/c1-3-7-15(8-4-2)18(16,17)12-6-5-10(14)9-11(12)13/h3-6,9H,1-2,7-8,14H2. The highest BCUT2D eigenvalue weighted by molar-refractivity contribution is 7.89. The van der Waals surface area contributed by atoms with Crippen LogP contribution in [0.4, 0.5) is 10.1 Å². The highest BCUT2D eigenvalue weighted by Gasteiger charge is 2.25. The van der Waals surface area contributed by atoms with Gasteiger partial charge in [-0.3, -0.25) is 0 Å². The first-order valence-electron chi connectivity index (χ1n) is 5.20. The van der Waals surface area contributed by atoms with E-state index in [2.05, 4.69) is 13.2 Å². The molecule has 1 aromatic rings. The molecule has 4 nitrogen and oxygen atoms in total. The van der Waals surface area contributed by atoms with E-state index in [1.165, 1.54) is 18.2 Å². The molecule has 0 bridgehead atoms. The average molecular weight is 270 g/mol. The molecule has 0 aliphatic carbocycles. The third kappa shape index (κ3) is 2.96. The number of halogens is 1. The molecule has 98 valence electrons. The summed E-state index contributed by atoms with van der Waals surface area (Å²) in [5.41, 5.74) is 5.56. The minimum Gasteiger partial charge on any atom is -0.399 e. The second kappa shape index (κ2) is 5.79. The number of benzene rings is 1. The number of nitrogens with two attached hydrogens (primary N) is 1. The van der Waals surface area contributed by atoms with Gasteiger partial charge >= 0.3 is 0 Å². The zero-order valence-electron chi connectivity index (χ0n) is 9.84. The van der Waals surface area contributed by atoms with E-state index in [1.807, 2.05) is 0 Å². The fraction of sp³-hybridized carbons (Fsp3) is 0.167. The van der Waals surface area contributed by atoms with E-state index in [1.54, 1.807) is 0 Å². The van der Waals surface area contributed by atoms with E-state index in [-0.39, 0.29) is 18.8 Å². The number of hydrogen-bond acceptors (Lipinski definition) is 3. The number of nitrogens with zero attached hydrogens (tertiary/aromatic N) is 1. The Bertz CT molecular complexity index is 545. The van der Waals surface area contributed by atoms with Crippen molar-refractivity contribution in [2.24, 2.45) is 0 Å². The summed E-state index contributed by atoms with van der Waals surface area (Å²) in [4.78, 5) is -0.402. The van der Waals surface area contributed by atoms with Crippen LogP contribution in [0.3, 0.4) is 0 Å². The maximum absolute atomic E-state index is 13.6. The minimum absolute atomic E-state index is 0.0815. The summed E-state index contributed by atoms with van der Waals surface area (Å²) in [6.45, 7) is 7.11. The van der Waals surface area contributed by atoms with Crippen molar-refractivity contribution in [3.05, 3.63) is 49.3 Å². The van der Waals surface area contributed by atoms with Crippen LogP contribution in [0.1, 0.15) is 0 Å². The van der Waals surface area contributed by atoms with Gasteiger partial charge in [-0.1, -0.05) is 12.2 Å². The third-order valence-electron chi connectivity index (χ3n) is 2.24. The van der Waals surface area contributed by atoms with Crippen molar-refractivity contribution in [2.75, 3.05) is 18.8 Å². The van der Waals surface area contributed by atoms with Crippen LogP contribution >= 0.6 is 0 Å². The molecule has 0 aliphatic heterocycles. The summed E-state index contributed by atoms with van der Waals surface area (Å²) in [5.74, 6) is -0.867. The molecule has 0 amide bonds. The summed E-state index contributed by atoms with van der Waals surface area (Å²) in [5, 5.41) is 0. The normalized spacial score (nSPS) is 11.4. The zero-order chi connectivity index (χ0) is 13.8. The molecule has 6 heteroatoms. The first-order valence-corrected chi connectivity index (χ1v) is 6.64. The second-order valence-corrected chi connectivity index (χ2v) is 5.50. The Morgan fingerprint density at radius 3 is 2.28 bits per heavy atom. The van der Waals surface area contributed by atoms with Gasteiger partial charge in [-0.2, -0.15) is 4.31 Å². The van der Waals surface area contributed by atoms with Gasteiger partial charge in [0.2, 0.25) is 10.0 Å². The van der Waals surface area contributed by atoms with Crippen molar-refractivity contribution in [3.8, 4) is 0 Å². The van der Waals surface area contributed by atoms with Gasteiger partial charge in [0.25, 0.3) is 0 Å². The highest BCUT2D eigenvalue weighted by Crippen LogP contribution is 2.21. The molecule has 0 heterocycles. The number of hydrogen-bond donors (Lipinski definition) is 1. The lowest BCUT2D eigenvalue weighted by molar-refractivity contribution is 0.467. The monoisotopic (exact) mass is 270 g/mol. The van der Waals surface area contributed by atoms with E-state index in [4.69, 9.17) is 5.73 Å².